The van der Waals surface area contributed by atoms with Gasteiger partial charge in [-0.05, 0) is 17.8 Å². The zero-order valence-corrected chi connectivity index (χ0v) is 27.8. The Morgan fingerprint density at radius 2 is 0.622 bits per heavy atom. The molecule has 0 unspecified atom stereocenters. The average molecular weight is 576 g/mol. The van der Waals surface area contributed by atoms with E-state index in [-0.39, 0.29) is 70.2 Å². The molecule has 0 aromatic carbocycles. The fourth-order valence-electron chi connectivity index (χ4n) is 1.81. The standard InChI is InChI=1S/3C10H20O2.Co/c3*1-8(2)6-12-7-9(11)10(3,4)5;/h3*8H,6-7H2,1-5H3;. The molecule has 6 nitrogen and oxygen atoms in total. The van der Waals surface area contributed by atoms with Gasteiger partial charge in [-0.2, -0.15) is 0 Å². The van der Waals surface area contributed by atoms with Crippen molar-refractivity contribution in [2.24, 2.45) is 34.0 Å². The second-order valence-electron chi connectivity index (χ2n) is 13.7. The molecule has 1 radical (unpaired) electrons. The Hall–Kier alpha value is -0.604. The van der Waals surface area contributed by atoms with E-state index < -0.39 is 0 Å². The summed E-state index contributed by atoms with van der Waals surface area (Å²) < 4.78 is 15.7. The smallest absolute Gasteiger partial charge is 0.163 e. The Kier molecular flexibility index (Phi) is 25.0. The van der Waals surface area contributed by atoms with Gasteiger partial charge in [0.1, 0.15) is 19.8 Å². The van der Waals surface area contributed by atoms with Gasteiger partial charge in [-0.1, -0.05) is 104 Å². The van der Waals surface area contributed by atoms with Gasteiger partial charge in [0.15, 0.2) is 17.3 Å². The molecule has 0 aliphatic heterocycles. The van der Waals surface area contributed by atoms with Crippen molar-refractivity contribution in [1.29, 1.82) is 0 Å². The van der Waals surface area contributed by atoms with Crippen LogP contribution in [0.15, 0.2) is 0 Å². The first-order valence-corrected chi connectivity index (χ1v) is 13.3. The molecule has 37 heavy (non-hydrogen) atoms. The number of ketones is 3. The molecule has 0 atom stereocenters. The maximum atomic E-state index is 11.3. The molecule has 0 bridgehead atoms. The third-order valence-corrected chi connectivity index (χ3v) is 4.56. The van der Waals surface area contributed by atoms with Crippen LogP contribution < -0.4 is 0 Å². The Balaban J connectivity index is -0.000000218. The van der Waals surface area contributed by atoms with Crippen molar-refractivity contribution in [2.75, 3.05) is 39.6 Å². The molecule has 0 saturated heterocycles. The molecule has 0 aromatic heterocycles. The molecule has 0 aliphatic rings. The van der Waals surface area contributed by atoms with Crippen molar-refractivity contribution in [3.8, 4) is 0 Å². The fourth-order valence-corrected chi connectivity index (χ4v) is 1.81. The summed E-state index contributed by atoms with van der Waals surface area (Å²) in [5.74, 6) is 2.00. The van der Waals surface area contributed by atoms with Crippen LogP contribution in [0.2, 0.25) is 0 Å². The summed E-state index contributed by atoms with van der Waals surface area (Å²) in [6.07, 6.45) is 0. The van der Waals surface area contributed by atoms with Gasteiger partial charge in [-0.25, -0.2) is 0 Å². The number of hydrogen-bond acceptors (Lipinski definition) is 6. The molecule has 0 amide bonds. The van der Waals surface area contributed by atoms with Crippen LogP contribution in [0.5, 0.6) is 0 Å². The third-order valence-electron chi connectivity index (χ3n) is 4.56. The van der Waals surface area contributed by atoms with E-state index in [2.05, 4.69) is 41.5 Å². The van der Waals surface area contributed by atoms with E-state index in [1.165, 1.54) is 0 Å². The third kappa shape index (κ3) is 31.5. The van der Waals surface area contributed by atoms with Crippen LogP contribution in [0.25, 0.3) is 0 Å². The monoisotopic (exact) mass is 575 g/mol. The summed E-state index contributed by atoms with van der Waals surface area (Å²) in [5, 5.41) is 0. The molecule has 0 heterocycles. The molecule has 0 saturated carbocycles. The topological polar surface area (TPSA) is 78.9 Å². The zero-order chi connectivity index (χ0) is 29.3. The number of hydrogen-bond donors (Lipinski definition) is 0. The van der Waals surface area contributed by atoms with E-state index in [0.29, 0.717) is 37.6 Å². The van der Waals surface area contributed by atoms with Gasteiger partial charge < -0.3 is 14.2 Å². The minimum absolute atomic E-state index is 0. The van der Waals surface area contributed by atoms with Crippen molar-refractivity contribution < 1.29 is 45.4 Å². The van der Waals surface area contributed by atoms with Gasteiger partial charge in [-0.3, -0.25) is 14.4 Å². The van der Waals surface area contributed by atoms with Crippen molar-refractivity contribution in [2.45, 2.75) is 104 Å². The van der Waals surface area contributed by atoms with E-state index >= 15 is 0 Å². The summed E-state index contributed by atoms with van der Waals surface area (Å²) in [7, 11) is 0. The van der Waals surface area contributed by atoms with Gasteiger partial charge in [0.2, 0.25) is 0 Å². The Morgan fingerprint density at radius 1 is 0.459 bits per heavy atom. The van der Waals surface area contributed by atoms with E-state index in [9.17, 15) is 14.4 Å². The molecule has 0 aromatic rings. The minimum atomic E-state index is -0.267. The molecule has 0 spiro atoms. The number of carbonyl (C=O) groups excluding carboxylic acids is 3. The van der Waals surface area contributed by atoms with Crippen LogP contribution in [0.4, 0.5) is 0 Å². The van der Waals surface area contributed by atoms with Crippen molar-refractivity contribution in [3.05, 3.63) is 0 Å². The molecule has 225 valence electrons. The number of ether oxygens (including phenoxy) is 3. The van der Waals surface area contributed by atoms with Crippen molar-refractivity contribution >= 4 is 17.3 Å². The molecule has 0 fully saturated rings. The predicted octanol–water partition coefficient (Wildman–Crippen LogP) is 6.82. The first-order valence-electron chi connectivity index (χ1n) is 13.3. The summed E-state index contributed by atoms with van der Waals surface area (Å²) in [4.78, 5) is 34.0. The van der Waals surface area contributed by atoms with Crippen LogP contribution in [-0.4, -0.2) is 57.0 Å². The number of carbonyl (C=O) groups is 3. The maximum Gasteiger partial charge on any atom is 0.163 e. The first-order chi connectivity index (χ1) is 16.0. The normalized spacial score (nSPS) is 11.8. The van der Waals surface area contributed by atoms with Crippen LogP contribution in [0.1, 0.15) is 104 Å². The maximum absolute atomic E-state index is 11.3. The van der Waals surface area contributed by atoms with Gasteiger partial charge in [-0.15, -0.1) is 0 Å². The van der Waals surface area contributed by atoms with Gasteiger partial charge in [0, 0.05) is 52.8 Å². The van der Waals surface area contributed by atoms with Crippen molar-refractivity contribution in [3.63, 3.8) is 0 Å². The minimum Gasteiger partial charge on any atom is -0.373 e. The van der Waals surface area contributed by atoms with Gasteiger partial charge in [0.25, 0.3) is 0 Å². The first kappa shape index (κ1) is 43.4. The van der Waals surface area contributed by atoms with E-state index in [4.69, 9.17) is 14.2 Å². The number of rotatable bonds is 12. The molecule has 0 N–H and O–H groups in total. The summed E-state index contributed by atoms with van der Waals surface area (Å²) in [5.41, 5.74) is -0.801. The van der Waals surface area contributed by atoms with E-state index in [0.717, 1.165) is 0 Å². The molecule has 7 heteroatoms. The summed E-state index contributed by atoms with van der Waals surface area (Å²) in [6.45, 7) is 32.4. The van der Waals surface area contributed by atoms with E-state index in [1.807, 2.05) is 62.3 Å². The molecule has 0 rings (SSSR count). The molecule has 0 aliphatic carbocycles. The number of Topliss-reactive ketones (excluding diaryl/α,β-unsaturated/α-hetero) is 3. The quantitative estimate of drug-likeness (QED) is 0.254. The Morgan fingerprint density at radius 3 is 0.730 bits per heavy atom. The summed E-state index contributed by atoms with van der Waals surface area (Å²) in [6, 6.07) is 0. The largest absolute Gasteiger partial charge is 0.373 e. The molecular weight excluding hydrogens is 515 g/mol. The average Bonchev–Trinajstić information content (AvgIpc) is 2.65. The van der Waals surface area contributed by atoms with Crippen LogP contribution in [0, 0.1) is 34.0 Å². The Bertz CT molecular complexity index is 519. The fraction of sp³-hybridized carbons (Fsp3) is 0.900. The second kappa shape index (κ2) is 21.2. The van der Waals surface area contributed by atoms with Gasteiger partial charge >= 0.3 is 0 Å². The van der Waals surface area contributed by atoms with Crippen LogP contribution in [-0.2, 0) is 45.4 Å². The second-order valence-corrected chi connectivity index (χ2v) is 13.7. The molecular formula is C30H60CoO6. The van der Waals surface area contributed by atoms with E-state index in [1.54, 1.807) is 0 Å². The predicted molar refractivity (Wildman–Crippen MR) is 150 cm³/mol. The van der Waals surface area contributed by atoms with Gasteiger partial charge in [0.05, 0.1) is 0 Å². The Labute approximate surface area is 239 Å². The van der Waals surface area contributed by atoms with Crippen molar-refractivity contribution in [1.82, 2.24) is 0 Å². The SMILES string of the molecule is CC(C)COCC(=O)C(C)(C)C.CC(C)COCC(=O)C(C)(C)C.CC(C)COCC(=O)C(C)(C)C.[Co]. The zero-order valence-electron chi connectivity index (χ0n) is 26.8. The summed E-state index contributed by atoms with van der Waals surface area (Å²) >= 11 is 0. The van der Waals surface area contributed by atoms with Crippen LogP contribution >= 0.6 is 0 Å². The van der Waals surface area contributed by atoms with Crippen LogP contribution in [0.3, 0.4) is 0 Å².